The van der Waals surface area contributed by atoms with E-state index in [9.17, 15) is 0 Å². The molecule has 1 heterocycles. The minimum absolute atomic E-state index is 0.665. The molecule has 0 aliphatic heterocycles. The molecule has 0 unspecified atom stereocenters. The summed E-state index contributed by atoms with van der Waals surface area (Å²) < 4.78 is 5.10. The fourth-order valence-electron chi connectivity index (χ4n) is 1.77. The molecule has 4 nitrogen and oxygen atoms in total. The van der Waals surface area contributed by atoms with Crippen molar-refractivity contribution in [2.45, 2.75) is 26.9 Å². The summed E-state index contributed by atoms with van der Waals surface area (Å²) in [5.41, 5.74) is 2.63. The molecule has 1 aromatic heterocycles. The summed E-state index contributed by atoms with van der Waals surface area (Å²) in [5.74, 6) is 1.35. The highest BCUT2D eigenvalue weighted by atomic mass is 16.5. The van der Waals surface area contributed by atoms with Crippen molar-refractivity contribution in [2.24, 2.45) is 0 Å². The van der Waals surface area contributed by atoms with Gasteiger partial charge in [0.25, 0.3) is 0 Å². The average molecular weight is 231 g/mol. The Kier molecular flexibility index (Phi) is 3.54. The first-order chi connectivity index (χ1) is 8.15. The lowest BCUT2D eigenvalue weighted by molar-refractivity contribution is 0.260. The van der Waals surface area contributed by atoms with Gasteiger partial charge in [-0.3, -0.25) is 4.90 Å². The summed E-state index contributed by atoms with van der Waals surface area (Å²) in [7, 11) is 2.05. The molecule has 0 bridgehead atoms. The Morgan fingerprint density at radius 1 is 1.18 bits per heavy atom. The summed E-state index contributed by atoms with van der Waals surface area (Å²) in [6.07, 6.45) is 0. The third kappa shape index (κ3) is 3.14. The smallest absolute Gasteiger partial charge is 0.240 e. The summed E-state index contributed by atoms with van der Waals surface area (Å²) in [5, 5.41) is 3.78. The van der Waals surface area contributed by atoms with E-state index in [4.69, 9.17) is 4.52 Å². The maximum absolute atomic E-state index is 5.10. The van der Waals surface area contributed by atoms with Gasteiger partial charge in [-0.2, -0.15) is 4.98 Å². The van der Waals surface area contributed by atoms with Crippen LogP contribution in [0, 0.1) is 13.8 Å². The van der Waals surface area contributed by atoms with Crippen molar-refractivity contribution >= 4 is 0 Å². The van der Waals surface area contributed by atoms with Crippen molar-refractivity contribution < 1.29 is 4.52 Å². The summed E-state index contributed by atoms with van der Waals surface area (Å²) in [6.45, 7) is 5.51. The van der Waals surface area contributed by atoms with E-state index in [1.165, 1.54) is 11.1 Å². The van der Waals surface area contributed by atoms with Crippen molar-refractivity contribution in [3.63, 3.8) is 0 Å². The second-order valence-corrected chi connectivity index (χ2v) is 4.33. The molecule has 0 atom stereocenters. The molecular weight excluding hydrogens is 214 g/mol. The van der Waals surface area contributed by atoms with E-state index >= 15 is 0 Å². The van der Waals surface area contributed by atoms with Crippen LogP contribution in [0.15, 0.2) is 28.8 Å². The van der Waals surface area contributed by atoms with Crippen LogP contribution < -0.4 is 0 Å². The van der Waals surface area contributed by atoms with Crippen molar-refractivity contribution in [1.29, 1.82) is 0 Å². The van der Waals surface area contributed by atoms with Crippen LogP contribution in [0.5, 0.6) is 0 Å². The number of aryl methyl sites for hydroxylation is 2. The van der Waals surface area contributed by atoms with Gasteiger partial charge in [0.2, 0.25) is 5.89 Å². The van der Waals surface area contributed by atoms with Crippen LogP contribution >= 0.6 is 0 Å². The molecule has 0 N–H and O–H groups in total. The fraction of sp³-hybridized carbons (Fsp3) is 0.385. The highest BCUT2D eigenvalue weighted by Crippen LogP contribution is 2.11. The van der Waals surface area contributed by atoms with E-state index in [1.54, 1.807) is 0 Å². The quantitative estimate of drug-likeness (QED) is 0.809. The van der Waals surface area contributed by atoms with Crippen LogP contribution in [-0.2, 0) is 13.1 Å². The zero-order valence-electron chi connectivity index (χ0n) is 10.5. The average Bonchev–Trinajstić information content (AvgIpc) is 2.67. The van der Waals surface area contributed by atoms with Gasteiger partial charge in [0.1, 0.15) is 0 Å². The predicted molar refractivity (Wildman–Crippen MR) is 65.4 cm³/mol. The van der Waals surface area contributed by atoms with Gasteiger partial charge in [-0.1, -0.05) is 29.4 Å². The number of rotatable bonds is 4. The van der Waals surface area contributed by atoms with E-state index in [1.807, 2.05) is 14.0 Å². The molecule has 0 saturated carbocycles. The Labute approximate surface area is 101 Å². The number of aromatic nitrogens is 2. The molecule has 4 heteroatoms. The molecule has 2 rings (SSSR count). The van der Waals surface area contributed by atoms with Crippen molar-refractivity contribution in [2.75, 3.05) is 7.05 Å². The van der Waals surface area contributed by atoms with Crippen molar-refractivity contribution in [3.8, 4) is 0 Å². The first kappa shape index (κ1) is 11.8. The SMILES string of the molecule is Cc1noc(CN(C)Cc2ccccc2C)n1. The molecule has 1 aromatic carbocycles. The third-order valence-electron chi connectivity index (χ3n) is 2.68. The zero-order chi connectivity index (χ0) is 12.3. The molecule has 0 fully saturated rings. The highest BCUT2D eigenvalue weighted by molar-refractivity contribution is 5.25. The maximum Gasteiger partial charge on any atom is 0.240 e. The molecule has 0 amide bonds. The molecule has 17 heavy (non-hydrogen) atoms. The summed E-state index contributed by atoms with van der Waals surface area (Å²) >= 11 is 0. The molecule has 2 aromatic rings. The van der Waals surface area contributed by atoms with Gasteiger partial charge in [-0.15, -0.1) is 0 Å². The van der Waals surface area contributed by atoms with Crippen LogP contribution in [0.2, 0.25) is 0 Å². The second-order valence-electron chi connectivity index (χ2n) is 4.33. The van der Waals surface area contributed by atoms with Crippen LogP contribution in [0.3, 0.4) is 0 Å². The number of hydrogen-bond acceptors (Lipinski definition) is 4. The second kappa shape index (κ2) is 5.10. The number of hydrogen-bond donors (Lipinski definition) is 0. The van der Waals surface area contributed by atoms with Gasteiger partial charge in [0.05, 0.1) is 6.54 Å². The van der Waals surface area contributed by atoms with Gasteiger partial charge in [-0.05, 0) is 32.0 Å². The Bertz CT molecular complexity index is 493. The Morgan fingerprint density at radius 3 is 2.59 bits per heavy atom. The third-order valence-corrected chi connectivity index (χ3v) is 2.68. The van der Waals surface area contributed by atoms with Gasteiger partial charge < -0.3 is 4.52 Å². The van der Waals surface area contributed by atoms with E-state index in [0.29, 0.717) is 18.3 Å². The normalized spacial score (nSPS) is 11.1. The van der Waals surface area contributed by atoms with Gasteiger partial charge in [0.15, 0.2) is 5.82 Å². The Balaban J connectivity index is 1.98. The standard InChI is InChI=1S/C13H17N3O/c1-10-6-4-5-7-12(10)8-16(3)9-13-14-11(2)15-17-13/h4-7H,8-9H2,1-3H3. The first-order valence-corrected chi connectivity index (χ1v) is 5.67. The number of nitrogens with zero attached hydrogens (tertiary/aromatic N) is 3. The maximum atomic E-state index is 5.10. The van der Waals surface area contributed by atoms with Crippen molar-refractivity contribution in [3.05, 3.63) is 47.1 Å². The summed E-state index contributed by atoms with van der Waals surface area (Å²) in [4.78, 5) is 6.36. The molecular formula is C13H17N3O. The van der Waals surface area contributed by atoms with Crippen LogP contribution in [0.1, 0.15) is 22.8 Å². The minimum atomic E-state index is 0.665. The highest BCUT2D eigenvalue weighted by Gasteiger charge is 2.08. The summed E-state index contributed by atoms with van der Waals surface area (Å²) in [6, 6.07) is 8.39. The van der Waals surface area contributed by atoms with Crippen LogP contribution in [0.25, 0.3) is 0 Å². The molecule has 0 saturated heterocycles. The molecule has 0 spiro atoms. The lowest BCUT2D eigenvalue weighted by Gasteiger charge is -2.15. The predicted octanol–water partition coefficient (Wildman–Crippen LogP) is 2.32. The van der Waals surface area contributed by atoms with E-state index in [-0.39, 0.29) is 0 Å². The van der Waals surface area contributed by atoms with Crippen LogP contribution in [0.4, 0.5) is 0 Å². The zero-order valence-corrected chi connectivity index (χ0v) is 10.5. The molecule has 0 aliphatic carbocycles. The van der Waals surface area contributed by atoms with Crippen molar-refractivity contribution in [1.82, 2.24) is 15.0 Å². The molecule has 90 valence electrons. The van der Waals surface area contributed by atoms with Gasteiger partial charge >= 0.3 is 0 Å². The van der Waals surface area contributed by atoms with Gasteiger partial charge in [-0.25, -0.2) is 0 Å². The lowest BCUT2D eigenvalue weighted by Crippen LogP contribution is -2.18. The Hall–Kier alpha value is -1.68. The number of benzene rings is 1. The monoisotopic (exact) mass is 231 g/mol. The van der Waals surface area contributed by atoms with E-state index in [2.05, 4.69) is 46.2 Å². The van der Waals surface area contributed by atoms with Gasteiger partial charge in [0, 0.05) is 6.54 Å². The van der Waals surface area contributed by atoms with Crippen LogP contribution in [-0.4, -0.2) is 22.1 Å². The van der Waals surface area contributed by atoms with E-state index in [0.717, 1.165) is 6.54 Å². The lowest BCUT2D eigenvalue weighted by atomic mass is 10.1. The topological polar surface area (TPSA) is 42.2 Å². The largest absolute Gasteiger partial charge is 0.338 e. The fourth-order valence-corrected chi connectivity index (χ4v) is 1.77. The first-order valence-electron chi connectivity index (χ1n) is 5.67. The minimum Gasteiger partial charge on any atom is -0.338 e. The molecule has 0 radical (unpaired) electrons. The molecule has 0 aliphatic rings. The Morgan fingerprint density at radius 2 is 1.94 bits per heavy atom. The van der Waals surface area contributed by atoms with E-state index < -0.39 is 0 Å².